The highest BCUT2D eigenvalue weighted by Crippen LogP contribution is 1.98. The Hall–Kier alpha value is -1.76. The maximum Gasteiger partial charge on any atom is 0.384 e. The van der Waals surface area contributed by atoms with Crippen molar-refractivity contribution >= 4 is 5.97 Å². The van der Waals surface area contributed by atoms with Gasteiger partial charge in [-0.05, 0) is 19.8 Å². The largest absolute Gasteiger partial charge is 0.456 e. The molecule has 0 N–H and O–H groups in total. The average Bonchev–Trinajstić information content (AvgIpc) is 2.49. The van der Waals surface area contributed by atoms with Crippen LogP contribution in [0.4, 0.5) is 0 Å². The molecule has 0 saturated carbocycles. The van der Waals surface area contributed by atoms with Gasteiger partial charge in [-0.15, -0.1) is 0 Å². The van der Waals surface area contributed by atoms with Crippen molar-refractivity contribution < 1.29 is 14.1 Å². The van der Waals surface area contributed by atoms with Crippen LogP contribution in [0.25, 0.3) is 0 Å². The normalized spacial score (nSPS) is 8.77. The molecule has 1 heterocycles. The van der Waals surface area contributed by atoms with Crippen molar-refractivity contribution in [2.75, 3.05) is 6.61 Å². The van der Waals surface area contributed by atoms with Crippen LogP contribution in [-0.2, 0) is 9.53 Å². The van der Waals surface area contributed by atoms with Crippen molar-refractivity contribution in [1.82, 2.24) is 5.16 Å². The van der Waals surface area contributed by atoms with Crippen molar-refractivity contribution in [3.05, 3.63) is 17.5 Å². The lowest BCUT2D eigenvalue weighted by molar-refractivity contribution is -0.136. The number of aryl methyl sites for hydroxylation is 1. The van der Waals surface area contributed by atoms with E-state index in [1.165, 1.54) is 0 Å². The van der Waals surface area contributed by atoms with Crippen LogP contribution in [0.5, 0.6) is 0 Å². The summed E-state index contributed by atoms with van der Waals surface area (Å²) in [5.41, 5.74) is 0.730. The van der Waals surface area contributed by atoms with Crippen LogP contribution in [0.15, 0.2) is 10.6 Å². The molecule has 0 amide bonds. The van der Waals surface area contributed by atoms with E-state index < -0.39 is 5.97 Å². The van der Waals surface area contributed by atoms with Crippen LogP contribution in [0, 0.1) is 18.8 Å². The third-order valence-corrected chi connectivity index (χ3v) is 1.19. The smallest absolute Gasteiger partial charge is 0.384 e. The van der Waals surface area contributed by atoms with Gasteiger partial charge in [0.2, 0.25) is 5.76 Å². The summed E-state index contributed by atoms with van der Waals surface area (Å²) >= 11 is 0. The quantitative estimate of drug-likeness (QED) is 0.474. The first-order valence-corrected chi connectivity index (χ1v) is 3.84. The number of carbonyl (C=O) groups is 1. The second-order valence-corrected chi connectivity index (χ2v) is 2.30. The number of hydrogen-bond acceptors (Lipinski definition) is 4. The van der Waals surface area contributed by atoms with Crippen LogP contribution in [-0.4, -0.2) is 17.7 Å². The van der Waals surface area contributed by atoms with Crippen LogP contribution in [0.2, 0.25) is 0 Å². The Bertz CT molecular complexity index is 356. The van der Waals surface area contributed by atoms with Gasteiger partial charge in [-0.3, -0.25) is 0 Å². The topological polar surface area (TPSA) is 52.3 Å². The maximum absolute atomic E-state index is 10.8. The SMILES string of the molecule is CCOC(=O)C#Cc1cc(C)no1. The number of hydrogen-bond donors (Lipinski definition) is 0. The molecular formula is C9H9NO3. The van der Waals surface area contributed by atoms with Crippen molar-refractivity contribution in [2.24, 2.45) is 0 Å². The second-order valence-electron chi connectivity index (χ2n) is 2.30. The predicted octanol–water partition coefficient (Wildman–Crippen LogP) is 0.898. The van der Waals surface area contributed by atoms with E-state index in [9.17, 15) is 4.79 Å². The van der Waals surface area contributed by atoms with Crippen LogP contribution in [0.3, 0.4) is 0 Å². The zero-order valence-electron chi connectivity index (χ0n) is 7.46. The fraction of sp³-hybridized carbons (Fsp3) is 0.333. The first kappa shape index (κ1) is 9.33. The first-order chi connectivity index (χ1) is 6.22. The van der Waals surface area contributed by atoms with E-state index in [1.54, 1.807) is 19.9 Å². The van der Waals surface area contributed by atoms with Gasteiger partial charge >= 0.3 is 5.97 Å². The molecule has 0 aliphatic rings. The lowest BCUT2D eigenvalue weighted by atomic mass is 10.4. The Kier molecular flexibility index (Phi) is 3.09. The summed E-state index contributed by atoms with van der Waals surface area (Å²) in [5, 5.41) is 3.61. The molecule has 4 heteroatoms. The Balaban J connectivity index is 2.62. The molecule has 0 unspecified atom stereocenters. The zero-order chi connectivity index (χ0) is 9.68. The fourth-order valence-corrected chi connectivity index (χ4v) is 0.702. The molecule has 1 aromatic rings. The van der Waals surface area contributed by atoms with Crippen LogP contribution >= 0.6 is 0 Å². The van der Waals surface area contributed by atoms with Crippen molar-refractivity contribution in [3.8, 4) is 11.8 Å². The first-order valence-electron chi connectivity index (χ1n) is 3.84. The molecule has 0 aromatic carbocycles. The third kappa shape index (κ3) is 2.99. The molecule has 0 aliphatic carbocycles. The molecule has 0 saturated heterocycles. The van der Waals surface area contributed by atoms with Crippen molar-refractivity contribution in [1.29, 1.82) is 0 Å². The van der Waals surface area contributed by atoms with Gasteiger partial charge in [-0.25, -0.2) is 4.79 Å². The molecule has 0 fully saturated rings. The van der Waals surface area contributed by atoms with Gasteiger partial charge < -0.3 is 9.26 Å². The third-order valence-electron chi connectivity index (χ3n) is 1.19. The van der Waals surface area contributed by atoms with E-state index in [0.29, 0.717) is 12.4 Å². The number of nitrogens with zero attached hydrogens (tertiary/aromatic N) is 1. The maximum atomic E-state index is 10.8. The lowest BCUT2D eigenvalue weighted by Gasteiger charge is -1.89. The van der Waals surface area contributed by atoms with Crippen molar-refractivity contribution in [2.45, 2.75) is 13.8 Å². The van der Waals surface area contributed by atoms with E-state index in [2.05, 4.69) is 21.7 Å². The summed E-state index contributed by atoms with van der Waals surface area (Å²) in [4.78, 5) is 10.8. The number of esters is 1. The number of ether oxygens (including phenoxy) is 1. The van der Waals surface area contributed by atoms with Gasteiger partial charge in [0.05, 0.1) is 12.3 Å². The fourth-order valence-electron chi connectivity index (χ4n) is 0.702. The monoisotopic (exact) mass is 179 g/mol. The molecule has 0 atom stereocenters. The zero-order valence-corrected chi connectivity index (χ0v) is 7.46. The predicted molar refractivity (Wildman–Crippen MR) is 44.8 cm³/mol. The van der Waals surface area contributed by atoms with E-state index in [-0.39, 0.29) is 0 Å². The number of rotatable bonds is 1. The summed E-state index contributed by atoms with van der Waals surface area (Å²) in [6, 6.07) is 1.65. The van der Waals surface area contributed by atoms with E-state index in [4.69, 9.17) is 4.52 Å². The highest BCUT2D eigenvalue weighted by Gasteiger charge is 1.96. The summed E-state index contributed by atoms with van der Waals surface area (Å²) in [6.45, 7) is 3.82. The van der Waals surface area contributed by atoms with Crippen LogP contribution in [0.1, 0.15) is 18.4 Å². The molecular weight excluding hydrogens is 170 g/mol. The Labute approximate surface area is 75.9 Å². The van der Waals surface area contributed by atoms with E-state index >= 15 is 0 Å². The minimum Gasteiger partial charge on any atom is -0.456 e. The summed E-state index contributed by atoms with van der Waals surface area (Å²) in [7, 11) is 0. The second kappa shape index (κ2) is 4.31. The average molecular weight is 179 g/mol. The minimum absolute atomic E-state index is 0.322. The Morgan fingerprint density at radius 3 is 3.08 bits per heavy atom. The molecule has 0 bridgehead atoms. The van der Waals surface area contributed by atoms with Gasteiger partial charge in [0.1, 0.15) is 0 Å². The van der Waals surface area contributed by atoms with Crippen molar-refractivity contribution in [3.63, 3.8) is 0 Å². The lowest BCUT2D eigenvalue weighted by Crippen LogP contribution is -1.99. The Morgan fingerprint density at radius 1 is 1.77 bits per heavy atom. The van der Waals surface area contributed by atoms with Crippen LogP contribution < -0.4 is 0 Å². The number of aromatic nitrogens is 1. The van der Waals surface area contributed by atoms with Gasteiger partial charge in [0.15, 0.2) is 0 Å². The number of carbonyl (C=O) groups excluding carboxylic acids is 1. The molecule has 1 aromatic heterocycles. The summed E-state index contributed by atoms with van der Waals surface area (Å²) in [6.07, 6.45) is 0. The standard InChI is InChI=1S/C9H9NO3/c1-3-12-9(11)5-4-8-6-7(2)10-13-8/h6H,3H2,1-2H3. The molecule has 0 radical (unpaired) electrons. The molecule has 0 aliphatic heterocycles. The highest BCUT2D eigenvalue weighted by molar-refractivity contribution is 5.88. The van der Waals surface area contributed by atoms with Gasteiger partial charge in [0.25, 0.3) is 0 Å². The minimum atomic E-state index is -0.559. The Morgan fingerprint density at radius 2 is 2.54 bits per heavy atom. The molecule has 68 valence electrons. The van der Waals surface area contributed by atoms with E-state index in [0.717, 1.165) is 5.69 Å². The molecule has 0 spiro atoms. The molecule has 4 nitrogen and oxygen atoms in total. The van der Waals surface area contributed by atoms with Gasteiger partial charge in [-0.1, -0.05) is 5.16 Å². The highest BCUT2D eigenvalue weighted by atomic mass is 16.5. The summed E-state index contributed by atoms with van der Waals surface area (Å²) in [5.74, 6) is 4.57. The molecule has 1 rings (SSSR count). The summed E-state index contributed by atoms with van der Waals surface area (Å²) < 4.78 is 9.36. The molecule has 13 heavy (non-hydrogen) atoms. The van der Waals surface area contributed by atoms with Gasteiger partial charge in [0, 0.05) is 12.0 Å². The van der Waals surface area contributed by atoms with E-state index in [1.807, 2.05) is 0 Å². The van der Waals surface area contributed by atoms with Gasteiger partial charge in [-0.2, -0.15) is 0 Å².